The molecule has 0 aromatic heterocycles. The van der Waals surface area contributed by atoms with Gasteiger partial charge in [0.15, 0.2) is 10.2 Å². The number of thiocarbonyl (C=S) groups is 2. The highest BCUT2D eigenvalue weighted by atomic mass is 35.5. The van der Waals surface area contributed by atoms with Crippen LogP contribution < -0.4 is 21.3 Å². The third-order valence-corrected chi connectivity index (χ3v) is 4.05. The van der Waals surface area contributed by atoms with E-state index in [0.717, 1.165) is 6.07 Å². The summed E-state index contributed by atoms with van der Waals surface area (Å²) in [6.07, 6.45) is 0. The normalized spacial score (nSPS) is 9.86. The van der Waals surface area contributed by atoms with Gasteiger partial charge in [0.05, 0.1) is 15.5 Å². The molecule has 29 heavy (non-hydrogen) atoms. The van der Waals surface area contributed by atoms with Crippen molar-refractivity contribution < 1.29 is 14.5 Å². The Balaban J connectivity index is 1.95. The van der Waals surface area contributed by atoms with Crippen LogP contribution in [0.5, 0.6) is 0 Å². The highest BCUT2D eigenvalue weighted by molar-refractivity contribution is 7.80. The van der Waals surface area contributed by atoms with Crippen molar-refractivity contribution in [3.05, 3.63) is 63.2 Å². The van der Waals surface area contributed by atoms with Gasteiger partial charge >= 0.3 is 0 Å². The molecule has 12 heteroatoms. The molecule has 0 bridgehead atoms. The minimum Gasteiger partial charge on any atom is -0.332 e. The number of amides is 2. The van der Waals surface area contributed by atoms with Crippen LogP contribution in [0.25, 0.3) is 0 Å². The van der Waals surface area contributed by atoms with Crippen LogP contribution in [-0.4, -0.2) is 27.0 Å². The van der Waals surface area contributed by atoms with Gasteiger partial charge in [0.1, 0.15) is 0 Å². The number of nitro benzene ring substituents is 1. The van der Waals surface area contributed by atoms with Gasteiger partial charge in [-0.3, -0.25) is 25.0 Å². The van der Waals surface area contributed by atoms with Crippen LogP contribution in [-0.2, 0) is 4.79 Å². The maximum absolute atomic E-state index is 12.3. The molecule has 2 amide bonds. The molecule has 4 N–H and O–H groups in total. The number of hydrogen-bond donors (Lipinski definition) is 4. The zero-order valence-corrected chi connectivity index (χ0v) is 17.2. The summed E-state index contributed by atoms with van der Waals surface area (Å²) >= 11 is 16.0. The number of rotatable bonds is 4. The first-order valence-electron chi connectivity index (χ1n) is 7.90. The van der Waals surface area contributed by atoms with Crippen molar-refractivity contribution in [1.82, 2.24) is 10.6 Å². The van der Waals surface area contributed by atoms with E-state index in [2.05, 4.69) is 21.3 Å². The Bertz CT molecular complexity index is 998. The third kappa shape index (κ3) is 6.75. The molecule has 2 aromatic rings. The van der Waals surface area contributed by atoms with Gasteiger partial charge in [-0.25, -0.2) is 0 Å². The van der Waals surface area contributed by atoms with E-state index in [0.29, 0.717) is 11.4 Å². The molecule has 0 heterocycles. The van der Waals surface area contributed by atoms with Crippen molar-refractivity contribution in [3.63, 3.8) is 0 Å². The largest absolute Gasteiger partial charge is 0.332 e. The first kappa shape index (κ1) is 22.1. The minimum absolute atomic E-state index is 0.0129. The summed E-state index contributed by atoms with van der Waals surface area (Å²) in [5.41, 5.74) is 1.05. The number of nitrogens with zero attached hydrogens (tertiary/aromatic N) is 1. The maximum atomic E-state index is 12.3. The lowest BCUT2D eigenvalue weighted by Gasteiger charge is -2.12. The Morgan fingerprint density at radius 1 is 0.966 bits per heavy atom. The maximum Gasteiger partial charge on any atom is 0.270 e. The lowest BCUT2D eigenvalue weighted by Crippen LogP contribution is -2.34. The molecule has 2 rings (SSSR count). The molecule has 2 aromatic carbocycles. The number of non-ortho nitro benzene ring substituents is 1. The van der Waals surface area contributed by atoms with E-state index in [1.54, 1.807) is 24.3 Å². The molecule has 0 aliphatic rings. The third-order valence-electron chi connectivity index (χ3n) is 3.33. The van der Waals surface area contributed by atoms with Gasteiger partial charge in [-0.2, -0.15) is 0 Å². The van der Waals surface area contributed by atoms with Crippen LogP contribution in [0, 0.1) is 10.1 Å². The van der Waals surface area contributed by atoms with Crippen molar-refractivity contribution in [1.29, 1.82) is 0 Å². The predicted molar refractivity (Wildman–Crippen MR) is 118 cm³/mol. The number of carbonyl (C=O) groups excluding carboxylic acids is 2. The van der Waals surface area contributed by atoms with Gasteiger partial charge < -0.3 is 16.0 Å². The molecule has 0 spiro atoms. The van der Waals surface area contributed by atoms with Gasteiger partial charge in [-0.1, -0.05) is 11.6 Å². The Morgan fingerprint density at radius 3 is 1.93 bits per heavy atom. The Kier molecular flexibility index (Phi) is 7.53. The summed E-state index contributed by atoms with van der Waals surface area (Å²) in [7, 11) is 0. The van der Waals surface area contributed by atoms with Gasteiger partial charge in [-0.05, 0) is 54.8 Å². The number of hydrogen-bond acceptors (Lipinski definition) is 6. The monoisotopic (exact) mass is 451 g/mol. The van der Waals surface area contributed by atoms with E-state index in [1.807, 2.05) is 0 Å². The van der Waals surface area contributed by atoms with Gasteiger partial charge in [0, 0.05) is 30.4 Å². The van der Waals surface area contributed by atoms with Crippen molar-refractivity contribution in [2.45, 2.75) is 6.92 Å². The van der Waals surface area contributed by atoms with Crippen molar-refractivity contribution in [3.8, 4) is 0 Å². The summed E-state index contributed by atoms with van der Waals surface area (Å²) in [5.74, 6) is -0.892. The van der Waals surface area contributed by atoms with E-state index in [4.69, 9.17) is 36.0 Å². The Morgan fingerprint density at radius 2 is 1.48 bits per heavy atom. The molecule has 0 saturated carbocycles. The van der Waals surface area contributed by atoms with Crippen molar-refractivity contribution in [2.75, 3.05) is 10.6 Å². The van der Waals surface area contributed by atoms with Crippen molar-refractivity contribution in [2.24, 2.45) is 0 Å². The lowest BCUT2D eigenvalue weighted by atomic mass is 10.2. The smallest absolute Gasteiger partial charge is 0.270 e. The highest BCUT2D eigenvalue weighted by Crippen LogP contribution is 2.22. The fourth-order valence-electron chi connectivity index (χ4n) is 2.09. The predicted octanol–water partition coefficient (Wildman–Crippen LogP) is 3.21. The molecule has 0 aliphatic carbocycles. The average Bonchev–Trinajstić information content (AvgIpc) is 2.62. The minimum atomic E-state index is -0.610. The number of halogens is 1. The molecule has 0 atom stereocenters. The van der Waals surface area contributed by atoms with Crippen LogP contribution in [0.3, 0.4) is 0 Å². The van der Waals surface area contributed by atoms with E-state index >= 15 is 0 Å². The molecule has 0 unspecified atom stereocenters. The second-order valence-electron chi connectivity index (χ2n) is 5.54. The number of benzene rings is 2. The van der Waals surface area contributed by atoms with Gasteiger partial charge in [0.2, 0.25) is 5.91 Å². The van der Waals surface area contributed by atoms with Crippen LogP contribution in [0.2, 0.25) is 5.02 Å². The number of anilines is 2. The zero-order chi connectivity index (χ0) is 21.6. The molecule has 0 aliphatic heterocycles. The molecular formula is C17H14ClN5O4S2. The van der Waals surface area contributed by atoms with Crippen molar-refractivity contribution >= 4 is 75.1 Å². The van der Waals surface area contributed by atoms with E-state index in [-0.39, 0.29) is 32.4 Å². The van der Waals surface area contributed by atoms with E-state index in [9.17, 15) is 19.7 Å². The van der Waals surface area contributed by atoms with Gasteiger partial charge in [0.25, 0.3) is 11.6 Å². The SMILES string of the molecule is CC(=O)NC(=S)Nc1ccc(NC(=S)NC(=O)c2ccc([N+](=O)[O-])cc2Cl)cc1. The summed E-state index contributed by atoms with van der Waals surface area (Å²) in [5, 5.41) is 21.4. The van der Waals surface area contributed by atoms with Gasteiger partial charge in [-0.15, -0.1) is 0 Å². The van der Waals surface area contributed by atoms with Crippen LogP contribution >= 0.6 is 36.0 Å². The average molecular weight is 452 g/mol. The molecular weight excluding hydrogens is 438 g/mol. The highest BCUT2D eigenvalue weighted by Gasteiger charge is 2.16. The topological polar surface area (TPSA) is 125 Å². The van der Waals surface area contributed by atoms with Crippen LogP contribution in [0.4, 0.5) is 17.1 Å². The number of carbonyl (C=O) groups is 2. The Labute approximate surface area is 181 Å². The fourth-order valence-corrected chi connectivity index (χ4v) is 2.83. The molecule has 0 fully saturated rings. The summed E-state index contributed by atoms with van der Waals surface area (Å²) < 4.78 is 0. The molecule has 9 nitrogen and oxygen atoms in total. The standard InChI is InChI=1S/C17H14ClN5O4S2/c1-9(24)19-16(28)20-10-2-4-11(5-3-10)21-17(29)22-15(25)13-7-6-12(23(26)27)8-14(13)18/h2-8H,1H3,(H2,19,20,24,28)(H2,21,22,25,29). The zero-order valence-electron chi connectivity index (χ0n) is 14.8. The number of nitrogens with one attached hydrogen (secondary N) is 4. The first-order chi connectivity index (χ1) is 13.7. The summed E-state index contributed by atoms with van der Waals surface area (Å²) in [6.45, 7) is 1.35. The van der Waals surface area contributed by atoms with E-state index in [1.165, 1.54) is 19.1 Å². The van der Waals surface area contributed by atoms with Crippen LogP contribution in [0.1, 0.15) is 17.3 Å². The first-order valence-corrected chi connectivity index (χ1v) is 9.10. The lowest BCUT2D eigenvalue weighted by molar-refractivity contribution is -0.384. The Hall–Kier alpha value is -3.15. The fraction of sp³-hybridized carbons (Fsp3) is 0.0588. The quantitative estimate of drug-likeness (QED) is 0.317. The summed E-state index contributed by atoms with van der Waals surface area (Å²) in [4.78, 5) is 33.3. The molecule has 0 saturated heterocycles. The molecule has 150 valence electrons. The van der Waals surface area contributed by atoms with E-state index < -0.39 is 10.8 Å². The molecule has 0 radical (unpaired) electrons. The second kappa shape index (κ2) is 9.87. The number of nitro groups is 1. The summed E-state index contributed by atoms with van der Waals surface area (Å²) in [6, 6.07) is 10.2. The second-order valence-corrected chi connectivity index (χ2v) is 6.77. The van der Waals surface area contributed by atoms with Crippen LogP contribution in [0.15, 0.2) is 42.5 Å².